The van der Waals surface area contributed by atoms with Crippen LogP contribution in [-0.4, -0.2) is 55.4 Å². The maximum atomic E-state index is 13.6. The van der Waals surface area contributed by atoms with Gasteiger partial charge in [-0.15, -0.1) is 0 Å². The molecule has 0 aromatic heterocycles. The number of benzene rings is 3. The minimum absolute atomic E-state index is 0.207. The zero-order valence-corrected chi connectivity index (χ0v) is 23.9. The van der Waals surface area contributed by atoms with Gasteiger partial charge in [-0.1, -0.05) is 48.5 Å². The van der Waals surface area contributed by atoms with Crippen LogP contribution < -0.4 is 9.64 Å². The number of hydrogen-bond donors (Lipinski definition) is 0. The molecule has 0 saturated heterocycles. The molecule has 0 aliphatic carbocycles. The summed E-state index contributed by atoms with van der Waals surface area (Å²) in [5.41, 5.74) is 2.42. The Kier molecular flexibility index (Phi) is 8.68. The number of carbonyl (C=O) groups is 2. The van der Waals surface area contributed by atoms with E-state index in [4.69, 9.17) is 14.2 Å². The molecular formula is C32H40N2O5. The van der Waals surface area contributed by atoms with Crippen molar-refractivity contribution in [1.82, 2.24) is 4.90 Å². The molecule has 7 nitrogen and oxygen atoms in total. The fourth-order valence-corrected chi connectivity index (χ4v) is 5.03. The number of hydrogen-bond acceptors (Lipinski definition) is 6. The maximum Gasteiger partial charge on any atom is 0.410 e. The van der Waals surface area contributed by atoms with Crippen molar-refractivity contribution in [3.05, 3.63) is 71.8 Å². The largest absolute Gasteiger partial charge is 0.485 e. The number of aryl methyl sites for hydroxylation is 1. The van der Waals surface area contributed by atoms with Crippen LogP contribution in [0.5, 0.6) is 5.75 Å². The van der Waals surface area contributed by atoms with Crippen molar-refractivity contribution < 1.29 is 23.8 Å². The normalized spacial score (nSPS) is 15.7. The SMILES string of the molecule is CCOC(=O)CCc1ccc2c(c1)OC(CN(C(=O)OC(C)(C)C)C(C)c1cccc3ccccc13)CN2C. The lowest BCUT2D eigenvalue weighted by Crippen LogP contribution is -2.48. The third kappa shape index (κ3) is 7.02. The van der Waals surface area contributed by atoms with Crippen molar-refractivity contribution in [3.63, 3.8) is 0 Å². The Morgan fingerprint density at radius 1 is 1.10 bits per heavy atom. The van der Waals surface area contributed by atoms with E-state index < -0.39 is 5.60 Å². The van der Waals surface area contributed by atoms with Crippen LogP contribution in [0.25, 0.3) is 10.8 Å². The molecule has 4 rings (SSSR count). The van der Waals surface area contributed by atoms with Gasteiger partial charge < -0.3 is 19.1 Å². The number of rotatable bonds is 8. The molecule has 39 heavy (non-hydrogen) atoms. The number of amides is 1. The number of esters is 1. The molecule has 0 bridgehead atoms. The van der Waals surface area contributed by atoms with Crippen LogP contribution in [0.15, 0.2) is 60.7 Å². The van der Waals surface area contributed by atoms with Gasteiger partial charge in [-0.05, 0) is 75.1 Å². The predicted molar refractivity (Wildman–Crippen MR) is 154 cm³/mol. The van der Waals surface area contributed by atoms with Crippen LogP contribution in [0.3, 0.4) is 0 Å². The molecule has 1 aliphatic heterocycles. The molecule has 1 amide bonds. The van der Waals surface area contributed by atoms with E-state index in [9.17, 15) is 9.59 Å². The van der Waals surface area contributed by atoms with Crippen molar-refractivity contribution in [2.75, 3.05) is 31.6 Å². The first-order valence-electron chi connectivity index (χ1n) is 13.7. The summed E-state index contributed by atoms with van der Waals surface area (Å²) >= 11 is 0. The topological polar surface area (TPSA) is 68.3 Å². The van der Waals surface area contributed by atoms with Crippen molar-refractivity contribution in [3.8, 4) is 5.75 Å². The second-order valence-corrected chi connectivity index (χ2v) is 11.1. The molecule has 208 valence electrons. The highest BCUT2D eigenvalue weighted by Gasteiger charge is 2.33. The van der Waals surface area contributed by atoms with E-state index in [1.54, 1.807) is 4.90 Å². The van der Waals surface area contributed by atoms with E-state index in [1.807, 2.05) is 78.1 Å². The number of anilines is 1. The van der Waals surface area contributed by atoms with Gasteiger partial charge in [0.15, 0.2) is 0 Å². The third-order valence-corrected chi connectivity index (χ3v) is 6.90. The van der Waals surface area contributed by atoms with Gasteiger partial charge in [0, 0.05) is 13.5 Å². The van der Waals surface area contributed by atoms with Gasteiger partial charge in [0.25, 0.3) is 0 Å². The van der Waals surface area contributed by atoms with Gasteiger partial charge in [-0.2, -0.15) is 0 Å². The lowest BCUT2D eigenvalue weighted by Gasteiger charge is -2.39. The predicted octanol–water partition coefficient (Wildman–Crippen LogP) is 6.53. The Hall–Kier alpha value is -3.74. The molecule has 3 aromatic carbocycles. The van der Waals surface area contributed by atoms with E-state index in [0.717, 1.165) is 33.3 Å². The zero-order valence-electron chi connectivity index (χ0n) is 23.9. The van der Waals surface area contributed by atoms with Crippen molar-refractivity contribution in [2.24, 2.45) is 0 Å². The third-order valence-electron chi connectivity index (χ3n) is 6.90. The summed E-state index contributed by atoms with van der Waals surface area (Å²) in [7, 11) is 2.03. The second kappa shape index (κ2) is 12.0. The summed E-state index contributed by atoms with van der Waals surface area (Å²) in [4.78, 5) is 29.3. The summed E-state index contributed by atoms with van der Waals surface area (Å²) in [6, 6.07) is 20.2. The van der Waals surface area contributed by atoms with Gasteiger partial charge in [0.1, 0.15) is 17.5 Å². The number of carbonyl (C=O) groups excluding carboxylic acids is 2. The monoisotopic (exact) mass is 532 g/mol. The molecule has 3 aromatic rings. The van der Waals surface area contributed by atoms with Crippen LogP contribution in [-0.2, 0) is 20.7 Å². The fourth-order valence-electron chi connectivity index (χ4n) is 5.03. The van der Waals surface area contributed by atoms with Crippen LogP contribution in [0.1, 0.15) is 58.2 Å². The smallest absolute Gasteiger partial charge is 0.410 e. The second-order valence-electron chi connectivity index (χ2n) is 11.1. The minimum Gasteiger partial charge on any atom is -0.485 e. The standard InChI is InChI=1S/C32H40N2O5/c1-7-37-30(35)18-16-23-15-17-28-29(19-23)38-25(20-33(28)6)21-34(31(36)39-32(3,4)5)22(2)26-14-10-12-24-11-8-9-13-27(24)26/h8-15,17,19,22,25H,7,16,18,20-21H2,1-6H3. The molecule has 0 fully saturated rings. The molecule has 0 N–H and O–H groups in total. The first-order valence-corrected chi connectivity index (χ1v) is 13.7. The average Bonchev–Trinajstić information content (AvgIpc) is 2.89. The number of ether oxygens (including phenoxy) is 3. The van der Waals surface area contributed by atoms with E-state index in [1.165, 1.54) is 0 Å². The highest BCUT2D eigenvalue weighted by atomic mass is 16.6. The first-order chi connectivity index (χ1) is 18.6. The molecular weight excluding hydrogens is 492 g/mol. The van der Waals surface area contributed by atoms with Crippen molar-refractivity contribution in [1.29, 1.82) is 0 Å². The summed E-state index contributed by atoms with van der Waals surface area (Å²) < 4.78 is 17.4. The average molecular weight is 533 g/mol. The Morgan fingerprint density at radius 2 is 1.85 bits per heavy atom. The van der Waals surface area contributed by atoms with E-state index in [0.29, 0.717) is 32.5 Å². The number of fused-ring (bicyclic) bond motifs is 2. The van der Waals surface area contributed by atoms with E-state index >= 15 is 0 Å². The summed E-state index contributed by atoms with van der Waals surface area (Å²) in [6.45, 7) is 10.8. The maximum absolute atomic E-state index is 13.6. The fraction of sp³-hybridized carbons (Fsp3) is 0.438. The van der Waals surface area contributed by atoms with Gasteiger partial charge in [0.05, 0.1) is 31.4 Å². The minimum atomic E-state index is -0.627. The lowest BCUT2D eigenvalue weighted by molar-refractivity contribution is -0.143. The molecule has 0 radical (unpaired) electrons. The Balaban J connectivity index is 1.58. The highest BCUT2D eigenvalue weighted by Crippen LogP contribution is 2.35. The summed E-state index contributed by atoms with van der Waals surface area (Å²) in [5.74, 6) is 0.540. The van der Waals surface area contributed by atoms with Gasteiger partial charge >= 0.3 is 12.1 Å². The van der Waals surface area contributed by atoms with Gasteiger partial charge in [-0.3, -0.25) is 9.69 Å². The highest BCUT2D eigenvalue weighted by molar-refractivity contribution is 5.86. The van der Waals surface area contributed by atoms with Crippen LogP contribution in [0, 0.1) is 0 Å². The van der Waals surface area contributed by atoms with Crippen molar-refractivity contribution >= 4 is 28.5 Å². The molecule has 1 heterocycles. The Labute approximate surface area is 231 Å². The molecule has 1 aliphatic rings. The summed E-state index contributed by atoms with van der Waals surface area (Å²) in [5, 5.41) is 2.24. The first kappa shape index (κ1) is 28.3. The molecule has 2 unspecified atom stereocenters. The quantitative estimate of drug-likeness (QED) is 0.307. The Morgan fingerprint density at radius 3 is 2.59 bits per heavy atom. The molecule has 0 spiro atoms. The van der Waals surface area contributed by atoms with Gasteiger partial charge in [0.2, 0.25) is 0 Å². The van der Waals surface area contributed by atoms with Crippen LogP contribution in [0.2, 0.25) is 0 Å². The van der Waals surface area contributed by atoms with Gasteiger partial charge in [-0.25, -0.2) is 4.79 Å². The van der Waals surface area contributed by atoms with E-state index in [-0.39, 0.29) is 24.2 Å². The van der Waals surface area contributed by atoms with Crippen LogP contribution >= 0.6 is 0 Å². The molecule has 2 atom stereocenters. The van der Waals surface area contributed by atoms with E-state index in [2.05, 4.69) is 29.2 Å². The molecule has 7 heteroatoms. The number of nitrogens with zero attached hydrogens (tertiary/aromatic N) is 2. The van der Waals surface area contributed by atoms with Crippen LogP contribution in [0.4, 0.5) is 10.5 Å². The number of likely N-dealkylation sites (N-methyl/N-ethyl adjacent to an activating group) is 1. The molecule has 0 saturated carbocycles. The van der Waals surface area contributed by atoms with Crippen molar-refractivity contribution in [2.45, 2.75) is 65.2 Å². The Bertz CT molecular complexity index is 1310. The summed E-state index contributed by atoms with van der Waals surface area (Å²) in [6.07, 6.45) is 0.253. The lowest BCUT2D eigenvalue weighted by atomic mass is 9.98. The zero-order chi connectivity index (χ0) is 28.2.